The third-order valence-corrected chi connectivity index (χ3v) is 5.78. The minimum absolute atomic E-state index is 0.112. The molecule has 0 spiro atoms. The molecule has 2 heterocycles. The van der Waals surface area contributed by atoms with E-state index in [1.165, 1.54) is 0 Å². The number of benzene rings is 2. The van der Waals surface area contributed by atoms with Crippen molar-refractivity contribution in [1.82, 2.24) is 25.7 Å². The molecule has 1 saturated heterocycles. The summed E-state index contributed by atoms with van der Waals surface area (Å²) in [5, 5.41) is 10.5. The maximum Gasteiger partial charge on any atom is 0.410 e. The Morgan fingerprint density at radius 3 is 2.67 bits per heavy atom. The molecule has 0 aliphatic carbocycles. The molecule has 1 unspecified atom stereocenters. The van der Waals surface area contributed by atoms with Gasteiger partial charge in [0.25, 0.3) is 5.89 Å². The number of nitrogens with zero attached hydrogens (tertiary/aromatic N) is 3. The number of rotatable bonds is 6. The summed E-state index contributed by atoms with van der Waals surface area (Å²) in [7, 11) is 0. The van der Waals surface area contributed by atoms with Gasteiger partial charge in [0.05, 0.1) is 0 Å². The fraction of sp³-hybridized carbons (Fsp3) is 0.385. The van der Waals surface area contributed by atoms with Crippen LogP contribution in [0.15, 0.2) is 53.1 Å². The summed E-state index contributed by atoms with van der Waals surface area (Å²) >= 11 is 6.04. The lowest BCUT2D eigenvalue weighted by atomic mass is 10.1. The number of carbonyl (C=O) groups excluding carboxylic acids is 2. The standard InChI is InChI=1S/C26H30ClN5O4/c1-26(2,3)35-25(34)32-12-11-21(16-32)29-24(33)28-15-17-7-9-19(10-8-17)23-30-22(31-36-23)14-18-5-4-6-20(27)13-18/h4-10,13,21H,11-12,14-16H2,1-3H3,(H2,28,29,33). The fourth-order valence-corrected chi connectivity index (χ4v) is 4.04. The number of ether oxygens (including phenoxy) is 1. The Kier molecular flexibility index (Phi) is 7.79. The van der Waals surface area contributed by atoms with Crippen LogP contribution in [0.2, 0.25) is 5.02 Å². The molecule has 190 valence electrons. The van der Waals surface area contributed by atoms with E-state index in [0.717, 1.165) is 16.7 Å². The van der Waals surface area contributed by atoms with Gasteiger partial charge in [0.2, 0.25) is 0 Å². The Hall–Kier alpha value is -3.59. The van der Waals surface area contributed by atoms with E-state index in [9.17, 15) is 9.59 Å². The Morgan fingerprint density at radius 1 is 1.17 bits per heavy atom. The molecule has 0 bridgehead atoms. The molecule has 10 heteroatoms. The first-order valence-corrected chi connectivity index (χ1v) is 12.2. The van der Waals surface area contributed by atoms with E-state index in [-0.39, 0.29) is 18.2 Å². The Labute approximate surface area is 215 Å². The van der Waals surface area contributed by atoms with Crippen molar-refractivity contribution in [3.63, 3.8) is 0 Å². The number of hydrogen-bond acceptors (Lipinski definition) is 6. The Morgan fingerprint density at radius 2 is 1.94 bits per heavy atom. The topological polar surface area (TPSA) is 110 Å². The summed E-state index contributed by atoms with van der Waals surface area (Å²) in [6, 6.07) is 14.7. The number of hydrogen-bond donors (Lipinski definition) is 2. The minimum Gasteiger partial charge on any atom is -0.444 e. The highest BCUT2D eigenvalue weighted by Crippen LogP contribution is 2.20. The summed E-state index contributed by atoms with van der Waals surface area (Å²) in [4.78, 5) is 30.6. The molecule has 9 nitrogen and oxygen atoms in total. The molecule has 3 aromatic rings. The Bertz CT molecular complexity index is 1210. The minimum atomic E-state index is -0.543. The van der Waals surface area contributed by atoms with Crippen LogP contribution in [-0.2, 0) is 17.7 Å². The number of halogens is 1. The lowest BCUT2D eigenvalue weighted by Crippen LogP contribution is -2.44. The molecule has 1 aliphatic heterocycles. The van der Waals surface area contributed by atoms with Gasteiger partial charge in [0.15, 0.2) is 5.82 Å². The normalized spacial score (nSPS) is 15.6. The molecule has 36 heavy (non-hydrogen) atoms. The van der Waals surface area contributed by atoms with Crippen LogP contribution < -0.4 is 10.6 Å². The molecule has 3 amide bonds. The zero-order valence-electron chi connectivity index (χ0n) is 20.6. The monoisotopic (exact) mass is 511 g/mol. The number of amides is 3. The largest absolute Gasteiger partial charge is 0.444 e. The van der Waals surface area contributed by atoms with Gasteiger partial charge < -0.3 is 24.8 Å². The summed E-state index contributed by atoms with van der Waals surface area (Å²) in [6.45, 7) is 6.84. The second-order valence-electron chi connectivity index (χ2n) is 9.76. The predicted molar refractivity (Wildman–Crippen MR) is 136 cm³/mol. The number of nitrogens with one attached hydrogen (secondary N) is 2. The highest BCUT2D eigenvalue weighted by Gasteiger charge is 2.30. The zero-order chi connectivity index (χ0) is 25.7. The van der Waals surface area contributed by atoms with Gasteiger partial charge in [-0.2, -0.15) is 4.98 Å². The second kappa shape index (κ2) is 11.0. The van der Waals surface area contributed by atoms with E-state index in [2.05, 4.69) is 20.8 Å². The van der Waals surface area contributed by atoms with Gasteiger partial charge in [-0.3, -0.25) is 0 Å². The van der Waals surface area contributed by atoms with E-state index in [1.54, 1.807) is 4.90 Å². The number of aromatic nitrogens is 2. The number of urea groups is 1. The van der Waals surface area contributed by atoms with Gasteiger partial charge >= 0.3 is 12.1 Å². The predicted octanol–water partition coefficient (Wildman–Crippen LogP) is 4.79. The molecule has 2 N–H and O–H groups in total. The average molecular weight is 512 g/mol. The van der Waals surface area contributed by atoms with Crippen LogP contribution in [-0.4, -0.2) is 51.9 Å². The third kappa shape index (κ3) is 7.21. The van der Waals surface area contributed by atoms with Crippen molar-refractivity contribution in [3.8, 4) is 11.5 Å². The van der Waals surface area contributed by atoms with Crippen molar-refractivity contribution in [2.75, 3.05) is 13.1 Å². The average Bonchev–Trinajstić information content (AvgIpc) is 3.47. The first-order chi connectivity index (χ1) is 17.1. The van der Waals surface area contributed by atoms with Crippen molar-refractivity contribution < 1.29 is 18.8 Å². The van der Waals surface area contributed by atoms with Gasteiger partial charge in [-0.25, -0.2) is 9.59 Å². The van der Waals surface area contributed by atoms with E-state index in [1.807, 2.05) is 69.3 Å². The van der Waals surface area contributed by atoms with Gasteiger partial charge in [-0.1, -0.05) is 41.0 Å². The molecular weight excluding hydrogens is 482 g/mol. The molecule has 1 aliphatic rings. The van der Waals surface area contributed by atoms with Crippen LogP contribution in [0.1, 0.15) is 44.1 Å². The highest BCUT2D eigenvalue weighted by molar-refractivity contribution is 6.30. The molecule has 1 aromatic heterocycles. The summed E-state index contributed by atoms with van der Waals surface area (Å²) in [5.74, 6) is 1.01. The number of likely N-dealkylation sites (tertiary alicyclic amines) is 1. The van der Waals surface area contributed by atoms with Crippen molar-refractivity contribution in [2.24, 2.45) is 0 Å². The van der Waals surface area contributed by atoms with E-state index in [4.69, 9.17) is 20.9 Å². The zero-order valence-corrected chi connectivity index (χ0v) is 21.3. The summed E-state index contributed by atoms with van der Waals surface area (Å²) in [6.07, 6.45) is 0.854. The fourth-order valence-electron chi connectivity index (χ4n) is 3.83. The van der Waals surface area contributed by atoms with Crippen molar-refractivity contribution in [1.29, 1.82) is 0 Å². The van der Waals surface area contributed by atoms with Crippen molar-refractivity contribution in [2.45, 2.75) is 51.8 Å². The third-order valence-electron chi connectivity index (χ3n) is 5.55. The van der Waals surface area contributed by atoms with E-state index >= 15 is 0 Å². The van der Waals surface area contributed by atoms with Crippen LogP contribution in [0.25, 0.3) is 11.5 Å². The van der Waals surface area contributed by atoms with Crippen molar-refractivity contribution in [3.05, 3.63) is 70.5 Å². The van der Waals surface area contributed by atoms with Crippen molar-refractivity contribution >= 4 is 23.7 Å². The molecular formula is C26H30ClN5O4. The molecule has 1 atom stereocenters. The molecule has 1 fully saturated rings. The van der Waals surface area contributed by atoms with Gasteiger partial charge in [0.1, 0.15) is 5.60 Å². The van der Waals surface area contributed by atoms with E-state index in [0.29, 0.717) is 49.2 Å². The lowest BCUT2D eigenvalue weighted by Gasteiger charge is -2.24. The van der Waals surface area contributed by atoms with Crippen LogP contribution in [0.5, 0.6) is 0 Å². The van der Waals surface area contributed by atoms with Crippen LogP contribution in [0.3, 0.4) is 0 Å². The van der Waals surface area contributed by atoms with Crippen LogP contribution in [0.4, 0.5) is 9.59 Å². The van der Waals surface area contributed by atoms with Gasteiger partial charge in [-0.15, -0.1) is 0 Å². The molecule has 2 aromatic carbocycles. The molecule has 0 saturated carbocycles. The van der Waals surface area contributed by atoms with Crippen LogP contribution in [0, 0.1) is 0 Å². The smallest absolute Gasteiger partial charge is 0.410 e. The molecule has 4 rings (SSSR count). The quantitative estimate of drug-likeness (QED) is 0.492. The maximum atomic E-state index is 12.3. The highest BCUT2D eigenvalue weighted by atomic mass is 35.5. The van der Waals surface area contributed by atoms with Crippen LogP contribution >= 0.6 is 11.6 Å². The maximum absolute atomic E-state index is 12.3. The first-order valence-electron chi connectivity index (χ1n) is 11.8. The SMILES string of the molecule is CC(C)(C)OC(=O)N1CCC(NC(=O)NCc2ccc(-c3nc(Cc4cccc(Cl)c4)no3)cc2)C1. The van der Waals surface area contributed by atoms with E-state index < -0.39 is 5.60 Å². The molecule has 0 radical (unpaired) electrons. The summed E-state index contributed by atoms with van der Waals surface area (Å²) < 4.78 is 10.8. The van der Waals surface area contributed by atoms with Gasteiger partial charge in [-0.05, 0) is 62.6 Å². The summed E-state index contributed by atoms with van der Waals surface area (Å²) in [5.41, 5.74) is 2.18. The first kappa shape index (κ1) is 25.5. The van der Waals surface area contributed by atoms with Gasteiger partial charge in [0, 0.05) is 42.7 Å². The second-order valence-corrected chi connectivity index (χ2v) is 10.2. The Balaban J connectivity index is 1.23. The number of carbonyl (C=O) groups is 2. The lowest BCUT2D eigenvalue weighted by molar-refractivity contribution is 0.0291.